The molecular formula is C15H15ClN2O2. The molecule has 0 spiro atoms. The molecule has 1 atom stereocenters. The van der Waals surface area contributed by atoms with Crippen LogP contribution in [0.1, 0.15) is 5.56 Å². The van der Waals surface area contributed by atoms with Gasteiger partial charge >= 0.3 is 0 Å². The van der Waals surface area contributed by atoms with E-state index in [4.69, 9.17) is 22.8 Å². The Morgan fingerprint density at radius 1 is 1.60 bits per heavy atom. The van der Waals surface area contributed by atoms with Gasteiger partial charge < -0.3 is 15.0 Å². The van der Waals surface area contributed by atoms with E-state index in [0.29, 0.717) is 5.02 Å². The van der Waals surface area contributed by atoms with Crippen molar-refractivity contribution in [1.82, 2.24) is 10.3 Å². The number of hydrogen-bond donors (Lipinski definition) is 2. The summed E-state index contributed by atoms with van der Waals surface area (Å²) in [5, 5.41) is 4.22. The summed E-state index contributed by atoms with van der Waals surface area (Å²) in [4.78, 5) is 15.1. The van der Waals surface area contributed by atoms with Crippen LogP contribution in [0.25, 0.3) is 10.9 Å². The fraction of sp³-hybridized carbons (Fsp3) is 0.267. The lowest BCUT2D eigenvalue weighted by molar-refractivity contribution is -0.121. The highest BCUT2D eigenvalue weighted by molar-refractivity contribution is 6.35. The average Bonchev–Trinajstić information content (AvgIpc) is 2.82. The highest BCUT2D eigenvalue weighted by Gasteiger charge is 2.13. The SMILES string of the molecule is C#CC(COC)NC(=O)Cc1c[nH]c2cccc(Cl)c12. The van der Waals surface area contributed by atoms with Gasteiger partial charge in [0.05, 0.1) is 18.1 Å². The maximum absolute atomic E-state index is 12.0. The van der Waals surface area contributed by atoms with Crippen LogP contribution in [0.5, 0.6) is 0 Å². The lowest BCUT2D eigenvalue weighted by Crippen LogP contribution is -2.37. The third-order valence-corrected chi connectivity index (χ3v) is 3.27. The van der Waals surface area contributed by atoms with E-state index in [1.807, 2.05) is 12.1 Å². The Morgan fingerprint density at radius 3 is 3.10 bits per heavy atom. The number of nitrogens with one attached hydrogen (secondary N) is 2. The summed E-state index contributed by atoms with van der Waals surface area (Å²) < 4.78 is 4.94. The Hall–Kier alpha value is -1.96. The van der Waals surface area contributed by atoms with Gasteiger partial charge in [0.25, 0.3) is 0 Å². The van der Waals surface area contributed by atoms with Crippen molar-refractivity contribution in [3.63, 3.8) is 0 Å². The van der Waals surface area contributed by atoms with Crippen molar-refractivity contribution in [2.24, 2.45) is 0 Å². The Labute approximate surface area is 122 Å². The highest BCUT2D eigenvalue weighted by atomic mass is 35.5. The van der Waals surface area contributed by atoms with Crippen LogP contribution in [-0.4, -0.2) is 30.6 Å². The number of benzene rings is 1. The number of fused-ring (bicyclic) bond motifs is 1. The molecule has 2 N–H and O–H groups in total. The highest BCUT2D eigenvalue weighted by Crippen LogP contribution is 2.26. The number of aromatic nitrogens is 1. The number of aromatic amines is 1. The third-order valence-electron chi connectivity index (χ3n) is 2.96. The molecule has 2 rings (SSSR count). The van der Waals surface area contributed by atoms with Crippen molar-refractivity contribution in [2.45, 2.75) is 12.5 Å². The second kappa shape index (κ2) is 6.47. The summed E-state index contributed by atoms with van der Waals surface area (Å²) >= 11 is 6.17. The Kier molecular flexibility index (Phi) is 4.67. The summed E-state index contributed by atoms with van der Waals surface area (Å²) in [6.45, 7) is 0.289. The molecule has 0 fully saturated rings. The smallest absolute Gasteiger partial charge is 0.225 e. The maximum atomic E-state index is 12.0. The average molecular weight is 291 g/mol. The number of carbonyl (C=O) groups is 1. The van der Waals surface area contributed by atoms with Crippen LogP contribution < -0.4 is 5.32 Å². The van der Waals surface area contributed by atoms with Crippen molar-refractivity contribution in [2.75, 3.05) is 13.7 Å². The first kappa shape index (κ1) is 14.4. The normalized spacial score (nSPS) is 12.1. The second-order valence-corrected chi connectivity index (χ2v) is 4.80. The molecule has 0 saturated heterocycles. The quantitative estimate of drug-likeness (QED) is 0.829. The van der Waals surface area contributed by atoms with Gasteiger partial charge in [0.2, 0.25) is 5.91 Å². The molecule has 1 aromatic carbocycles. The molecule has 0 bridgehead atoms. The third kappa shape index (κ3) is 3.13. The van der Waals surface area contributed by atoms with Crippen molar-refractivity contribution in [3.05, 3.63) is 35.0 Å². The molecular weight excluding hydrogens is 276 g/mol. The van der Waals surface area contributed by atoms with Crippen molar-refractivity contribution < 1.29 is 9.53 Å². The standard InChI is InChI=1S/C15H15ClN2O2/c1-3-11(9-20-2)18-14(19)7-10-8-17-13-6-4-5-12(16)15(10)13/h1,4-6,8,11,17H,7,9H2,2H3,(H,18,19). The van der Waals surface area contributed by atoms with Crippen molar-refractivity contribution in [1.29, 1.82) is 0 Å². The molecule has 0 aliphatic carbocycles. The fourth-order valence-electron chi connectivity index (χ4n) is 2.06. The predicted molar refractivity (Wildman–Crippen MR) is 79.7 cm³/mol. The number of halogens is 1. The largest absolute Gasteiger partial charge is 0.382 e. The lowest BCUT2D eigenvalue weighted by Gasteiger charge is -2.11. The van der Waals surface area contributed by atoms with E-state index >= 15 is 0 Å². The van der Waals surface area contributed by atoms with Gasteiger partial charge in [-0.1, -0.05) is 23.6 Å². The molecule has 20 heavy (non-hydrogen) atoms. The molecule has 1 aromatic heterocycles. The van der Waals surface area contributed by atoms with Gasteiger partial charge in [-0.3, -0.25) is 4.79 Å². The van der Waals surface area contributed by atoms with E-state index < -0.39 is 6.04 Å². The molecule has 4 nitrogen and oxygen atoms in total. The van der Waals surface area contributed by atoms with Gasteiger partial charge in [-0.15, -0.1) is 6.42 Å². The predicted octanol–water partition coefficient (Wildman–Crippen LogP) is 2.13. The Bertz CT molecular complexity index is 657. The Balaban J connectivity index is 2.13. The Morgan fingerprint density at radius 2 is 2.40 bits per heavy atom. The van der Waals surface area contributed by atoms with E-state index in [1.165, 1.54) is 7.11 Å². The zero-order valence-corrected chi connectivity index (χ0v) is 11.8. The molecule has 0 radical (unpaired) electrons. The number of terminal acetylenes is 1. The summed E-state index contributed by atoms with van der Waals surface area (Å²) in [5.41, 5.74) is 1.75. The number of carbonyl (C=O) groups excluding carboxylic acids is 1. The zero-order valence-electron chi connectivity index (χ0n) is 11.1. The first-order chi connectivity index (χ1) is 9.65. The van der Waals surface area contributed by atoms with Crippen LogP contribution in [0.15, 0.2) is 24.4 Å². The number of hydrogen-bond acceptors (Lipinski definition) is 2. The fourth-order valence-corrected chi connectivity index (χ4v) is 2.36. The van der Waals surface area contributed by atoms with Crippen LogP contribution in [0.3, 0.4) is 0 Å². The summed E-state index contributed by atoms with van der Waals surface area (Å²) in [7, 11) is 1.54. The molecule has 1 unspecified atom stereocenters. The zero-order chi connectivity index (χ0) is 14.5. The van der Waals surface area contributed by atoms with Gasteiger partial charge in [0.1, 0.15) is 6.04 Å². The van der Waals surface area contributed by atoms with Gasteiger partial charge in [0.15, 0.2) is 0 Å². The number of amides is 1. The van der Waals surface area contributed by atoms with Crippen molar-refractivity contribution in [3.8, 4) is 12.3 Å². The van der Waals surface area contributed by atoms with Gasteiger partial charge in [-0.25, -0.2) is 0 Å². The summed E-state index contributed by atoms with van der Waals surface area (Å²) in [6.07, 6.45) is 7.33. The van der Waals surface area contributed by atoms with Gasteiger partial charge in [0, 0.05) is 24.2 Å². The van der Waals surface area contributed by atoms with Crippen LogP contribution in [-0.2, 0) is 16.0 Å². The minimum Gasteiger partial charge on any atom is -0.382 e. The van der Waals surface area contributed by atoms with Crippen LogP contribution >= 0.6 is 11.6 Å². The molecule has 104 valence electrons. The summed E-state index contributed by atoms with van der Waals surface area (Å²) in [5.74, 6) is 2.31. The number of methoxy groups -OCH3 is 1. The van der Waals surface area contributed by atoms with Crippen LogP contribution in [0.2, 0.25) is 5.02 Å². The van der Waals surface area contributed by atoms with Gasteiger partial charge in [-0.05, 0) is 17.7 Å². The van der Waals surface area contributed by atoms with E-state index in [-0.39, 0.29) is 18.9 Å². The number of ether oxygens (including phenoxy) is 1. The molecule has 0 aliphatic rings. The molecule has 1 amide bonds. The van der Waals surface area contributed by atoms with Crippen LogP contribution in [0.4, 0.5) is 0 Å². The monoisotopic (exact) mass is 290 g/mol. The van der Waals surface area contributed by atoms with E-state index in [2.05, 4.69) is 16.2 Å². The topological polar surface area (TPSA) is 54.1 Å². The number of rotatable bonds is 5. The van der Waals surface area contributed by atoms with E-state index in [9.17, 15) is 4.79 Å². The summed E-state index contributed by atoms with van der Waals surface area (Å²) in [6, 6.07) is 5.15. The second-order valence-electron chi connectivity index (χ2n) is 4.40. The van der Waals surface area contributed by atoms with E-state index in [1.54, 1.807) is 12.3 Å². The minimum absolute atomic E-state index is 0.161. The number of H-pyrrole nitrogens is 1. The van der Waals surface area contributed by atoms with Crippen molar-refractivity contribution >= 4 is 28.4 Å². The lowest BCUT2D eigenvalue weighted by atomic mass is 10.1. The first-order valence-electron chi connectivity index (χ1n) is 6.14. The maximum Gasteiger partial charge on any atom is 0.225 e. The van der Waals surface area contributed by atoms with E-state index in [0.717, 1.165) is 16.5 Å². The molecule has 0 saturated carbocycles. The molecule has 1 heterocycles. The molecule has 5 heteroatoms. The minimum atomic E-state index is -0.423. The van der Waals surface area contributed by atoms with Crippen LogP contribution in [0, 0.1) is 12.3 Å². The molecule has 2 aromatic rings. The first-order valence-corrected chi connectivity index (χ1v) is 6.52. The molecule has 0 aliphatic heterocycles. The van der Waals surface area contributed by atoms with Gasteiger partial charge in [-0.2, -0.15) is 0 Å².